The van der Waals surface area contributed by atoms with Crippen LogP contribution in [0.2, 0.25) is 0 Å². The lowest BCUT2D eigenvalue weighted by Gasteiger charge is -2.50. The van der Waals surface area contributed by atoms with Crippen LogP contribution in [0.1, 0.15) is 41.3 Å². The molecule has 0 amide bonds. The normalized spacial score (nSPS) is 21.3. The summed E-state index contributed by atoms with van der Waals surface area (Å²) in [6.07, 6.45) is -5.10. The fourth-order valence-corrected chi connectivity index (χ4v) is 8.76. The molecule has 2 saturated heterocycles. The third-order valence-electron chi connectivity index (χ3n) is 9.35. The molecule has 260 valence electrons. The molecule has 9 nitrogen and oxygen atoms in total. The van der Waals surface area contributed by atoms with Gasteiger partial charge < -0.3 is 9.26 Å². The minimum Gasteiger partial charge on any atom is -0.350 e. The molecule has 6 rings (SSSR count). The number of halogens is 4. The van der Waals surface area contributed by atoms with E-state index in [0.717, 1.165) is 16.7 Å². The number of aryl methyl sites for hydroxylation is 1. The van der Waals surface area contributed by atoms with Crippen molar-refractivity contribution in [2.75, 3.05) is 32.8 Å². The first-order valence-corrected chi connectivity index (χ1v) is 18.5. The van der Waals surface area contributed by atoms with Gasteiger partial charge in [-0.3, -0.25) is 23.8 Å². The number of piperidine rings is 1. The number of ether oxygens (including phenoxy) is 1. The maximum absolute atomic E-state index is 13.6. The summed E-state index contributed by atoms with van der Waals surface area (Å²) in [6.45, 7) is -2.58. The van der Waals surface area contributed by atoms with Crippen molar-refractivity contribution >= 4 is 18.1 Å². The van der Waals surface area contributed by atoms with Crippen molar-refractivity contribution in [2.45, 2.75) is 43.8 Å². The molecule has 0 bridgehead atoms. The van der Waals surface area contributed by atoms with E-state index in [0.29, 0.717) is 5.56 Å². The molecule has 2 aliphatic heterocycles. The first-order valence-electron chi connectivity index (χ1n) is 16.0. The molecule has 3 atom stereocenters. The lowest BCUT2D eigenvalue weighted by molar-refractivity contribution is -0.183. The third kappa shape index (κ3) is 7.36. The zero-order valence-electron chi connectivity index (χ0n) is 26.8. The van der Waals surface area contributed by atoms with Gasteiger partial charge in [0, 0.05) is 37.9 Å². The number of aromatic nitrogens is 2. The largest absolute Gasteiger partial charge is 0.391 e. The van der Waals surface area contributed by atoms with Gasteiger partial charge in [0.2, 0.25) is 0 Å². The predicted octanol–water partition coefficient (Wildman–Crippen LogP) is 6.67. The van der Waals surface area contributed by atoms with Gasteiger partial charge in [-0.05, 0) is 47.7 Å². The van der Waals surface area contributed by atoms with Crippen molar-refractivity contribution in [3.63, 3.8) is 0 Å². The highest BCUT2D eigenvalue weighted by molar-refractivity contribution is 7.83. The van der Waals surface area contributed by atoms with E-state index in [4.69, 9.17) is 20.5 Å². The summed E-state index contributed by atoms with van der Waals surface area (Å²) in [5, 5.41) is 0. The molecular weight excluding hydrogens is 680 g/mol. The fourth-order valence-electron chi connectivity index (χ4n) is 6.91. The van der Waals surface area contributed by atoms with E-state index in [1.54, 1.807) is 6.92 Å². The van der Waals surface area contributed by atoms with E-state index in [1.807, 2.05) is 91.0 Å². The fraction of sp³-hybridized carbons (Fsp3) is 0.371. The number of alkyl halides is 3. The average molecular weight is 717 g/mol. The molecule has 0 saturated carbocycles. The van der Waals surface area contributed by atoms with E-state index >= 15 is 0 Å². The van der Waals surface area contributed by atoms with Crippen LogP contribution in [0.25, 0.3) is 0 Å². The van der Waals surface area contributed by atoms with Gasteiger partial charge in [0.1, 0.15) is 0 Å². The molecule has 2 aliphatic rings. The second kappa shape index (κ2) is 14.4. The lowest BCUT2D eigenvalue weighted by atomic mass is 9.75. The van der Waals surface area contributed by atoms with E-state index in [-0.39, 0.29) is 45.6 Å². The Balaban J connectivity index is 1.40. The summed E-state index contributed by atoms with van der Waals surface area (Å²) in [5.74, 6) is -1.49. The van der Waals surface area contributed by atoms with Gasteiger partial charge in [-0.1, -0.05) is 91.0 Å². The van der Waals surface area contributed by atoms with Crippen molar-refractivity contribution in [3.8, 4) is 0 Å². The second-order valence-corrected chi connectivity index (χ2v) is 15.4. The molecule has 4 aromatic rings. The summed E-state index contributed by atoms with van der Waals surface area (Å²) in [6, 6.07) is 29.7. The zero-order valence-corrected chi connectivity index (χ0v) is 28.4. The van der Waals surface area contributed by atoms with Crippen molar-refractivity contribution in [1.82, 2.24) is 19.1 Å². The first kappa shape index (κ1) is 35.3. The Morgan fingerprint density at radius 1 is 0.878 bits per heavy atom. The number of hydrogen-bond acceptors (Lipinski definition) is 6. The van der Waals surface area contributed by atoms with E-state index in [2.05, 4.69) is 9.88 Å². The lowest BCUT2D eigenvalue weighted by Crippen LogP contribution is -2.58. The van der Waals surface area contributed by atoms with Crippen LogP contribution in [0.15, 0.2) is 107 Å². The summed E-state index contributed by atoms with van der Waals surface area (Å²) in [4.78, 5) is 30.0. The van der Waals surface area contributed by atoms with Crippen molar-refractivity contribution in [1.29, 1.82) is 0 Å². The summed E-state index contributed by atoms with van der Waals surface area (Å²) >= 11 is 6.44. The number of hydrogen-bond donors (Lipinski definition) is 1. The average Bonchev–Trinajstić information content (AvgIpc) is 3.10. The standard InChI is InChI=1S/C35H37ClF3N4O5P/c1-25-21-43(33(45)40-32(25)44)31-23-41(22-30(48-31)24-47-49(36,46)42-19-17-29(18-20-42)35(37,38)39)34(26-11-5-2-6-12-26,27-13-7-3-8-14-27)28-15-9-4-10-16-28/h2-16,21,29-31H,17-20,22-24H2,1H3,(H,40,44,45). The molecule has 3 unspecified atom stereocenters. The highest BCUT2D eigenvalue weighted by Gasteiger charge is 2.48. The van der Waals surface area contributed by atoms with Gasteiger partial charge in [-0.15, -0.1) is 0 Å². The molecule has 14 heteroatoms. The Hall–Kier alpha value is -3.51. The first-order chi connectivity index (χ1) is 23.4. The van der Waals surface area contributed by atoms with Crippen LogP contribution in [-0.2, 0) is 19.4 Å². The summed E-state index contributed by atoms with van der Waals surface area (Å²) in [5.41, 5.74) is 1.02. The monoisotopic (exact) mass is 716 g/mol. The SMILES string of the molecule is Cc1cn(C2CN(C(c3ccccc3)(c3ccccc3)c3ccccc3)CC(COP(=O)(Cl)N3CCC(C(F)(F)F)CC3)O2)c(=O)[nH]c1=O. The molecule has 0 radical (unpaired) electrons. The number of nitrogens with zero attached hydrogens (tertiary/aromatic N) is 3. The maximum Gasteiger partial charge on any atom is 0.391 e. The van der Waals surface area contributed by atoms with E-state index in [9.17, 15) is 27.3 Å². The number of H-pyrrole nitrogens is 1. The van der Waals surface area contributed by atoms with Crippen LogP contribution in [0.5, 0.6) is 0 Å². The van der Waals surface area contributed by atoms with Gasteiger partial charge in [-0.2, -0.15) is 13.2 Å². The third-order valence-corrected chi connectivity index (χ3v) is 11.8. The van der Waals surface area contributed by atoms with E-state index in [1.165, 1.54) is 15.4 Å². The van der Waals surface area contributed by atoms with Crippen LogP contribution >= 0.6 is 18.1 Å². The van der Waals surface area contributed by atoms with Crippen molar-refractivity contribution in [3.05, 3.63) is 140 Å². The Morgan fingerprint density at radius 2 is 1.39 bits per heavy atom. The van der Waals surface area contributed by atoms with Crippen LogP contribution in [0.4, 0.5) is 13.2 Å². The molecular formula is C35H37ClF3N4O5P. The quantitative estimate of drug-likeness (QED) is 0.153. The van der Waals surface area contributed by atoms with Crippen LogP contribution in [0.3, 0.4) is 0 Å². The van der Waals surface area contributed by atoms with Crippen LogP contribution in [0, 0.1) is 12.8 Å². The van der Waals surface area contributed by atoms with Crippen molar-refractivity contribution in [2.24, 2.45) is 5.92 Å². The highest BCUT2D eigenvalue weighted by atomic mass is 35.7. The van der Waals surface area contributed by atoms with Gasteiger partial charge in [-0.25, -0.2) is 9.46 Å². The Kier molecular flexibility index (Phi) is 10.4. The highest BCUT2D eigenvalue weighted by Crippen LogP contribution is 2.58. The molecule has 2 fully saturated rings. The molecule has 1 aromatic heterocycles. The number of aromatic amines is 1. The number of benzene rings is 3. The maximum atomic E-state index is 13.6. The van der Waals surface area contributed by atoms with Crippen LogP contribution in [-0.4, -0.2) is 64.2 Å². The molecule has 1 N–H and O–H groups in total. The molecule has 49 heavy (non-hydrogen) atoms. The molecule has 0 aliphatic carbocycles. The minimum absolute atomic E-state index is 0.129. The van der Waals surface area contributed by atoms with Crippen LogP contribution < -0.4 is 11.2 Å². The number of morpholine rings is 1. The van der Waals surface area contributed by atoms with Gasteiger partial charge in [0.05, 0.1) is 24.2 Å². The van der Waals surface area contributed by atoms with Gasteiger partial charge >= 0.3 is 18.7 Å². The van der Waals surface area contributed by atoms with Gasteiger partial charge in [0.25, 0.3) is 5.56 Å². The summed E-state index contributed by atoms with van der Waals surface area (Å²) in [7, 11) is 0. The summed E-state index contributed by atoms with van der Waals surface area (Å²) < 4.78 is 68.4. The Morgan fingerprint density at radius 3 is 1.88 bits per heavy atom. The molecule has 3 aromatic carbocycles. The molecule has 3 heterocycles. The second-order valence-electron chi connectivity index (χ2n) is 12.4. The number of rotatable bonds is 9. The van der Waals surface area contributed by atoms with Gasteiger partial charge in [0.15, 0.2) is 6.23 Å². The molecule has 0 spiro atoms. The van der Waals surface area contributed by atoms with E-state index < -0.39 is 48.1 Å². The number of nitrogens with one attached hydrogen (secondary N) is 1. The predicted molar refractivity (Wildman–Crippen MR) is 181 cm³/mol. The topological polar surface area (TPSA) is 96.9 Å². The minimum atomic E-state index is -4.33. The zero-order chi connectivity index (χ0) is 34.8. The Bertz CT molecular complexity index is 1790. The van der Waals surface area contributed by atoms with Crippen molar-refractivity contribution < 1.29 is 27.0 Å². The Labute approximate surface area is 286 Å². The smallest absolute Gasteiger partial charge is 0.350 e.